The van der Waals surface area contributed by atoms with E-state index in [0.717, 1.165) is 6.92 Å². The van der Waals surface area contributed by atoms with Crippen molar-refractivity contribution in [2.45, 2.75) is 24.2 Å². The third kappa shape index (κ3) is 2.12. The van der Waals surface area contributed by atoms with Crippen LogP contribution < -0.4 is 16.6 Å². The highest BCUT2D eigenvalue weighted by Crippen LogP contribution is 2.45. The van der Waals surface area contributed by atoms with Crippen molar-refractivity contribution in [1.82, 2.24) is 14.9 Å². The highest BCUT2D eigenvalue weighted by Gasteiger charge is 2.74. The summed E-state index contributed by atoms with van der Waals surface area (Å²) >= 11 is 0. The number of anilines is 1. The Morgan fingerprint density at radius 1 is 0.931 bits per heavy atom. The van der Waals surface area contributed by atoms with Crippen LogP contribution in [0.15, 0.2) is 4.79 Å². The number of rotatable bonds is 1. The molecule has 29 heavy (non-hydrogen) atoms. The van der Waals surface area contributed by atoms with Crippen molar-refractivity contribution < 1.29 is 50.4 Å². The molecule has 1 aliphatic heterocycles. The Hall–Kier alpha value is -3.50. The summed E-state index contributed by atoms with van der Waals surface area (Å²) in [5.41, 5.74) is -1.60. The first-order valence-electron chi connectivity index (χ1n) is 7.56. The van der Waals surface area contributed by atoms with Crippen LogP contribution in [0.4, 0.5) is 5.69 Å². The summed E-state index contributed by atoms with van der Waals surface area (Å²) in [6, 6.07) is 0. The average molecular weight is 414 g/mol. The maximum Gasteiger partial charge on any atom is 0.306 e. The number of carbonyl (C=O) groups is 2. The molecule has 0 bridgehead atoms. The molecule has 3 rings (SSSR count). The van der Waals surface area contributed by atoms with E-state index in [1.54, 1.807) is 0 Å². The molecule has 1 saturated heterocycles. The highest BCUT2D eigenvalue weighted by atomic mass is 16.6. The summed E-state index contributed by atoms with van der Waals surface area (Å²) in [6.07, 6.45) is 0. The molecule has 15 nitrogen and oxygen atoms in total. The Labute approximate surface area is 158 Å². The van der Waals surface area contributed by atoms with E-state index < -0.39 is 74.3 Å². The number of phenolic OH excluding ortho intramolecular Hbond substituents is 3. The van der Waals surface area contributed by atoms with Crippen molar-refractivity contribution in [1.29, 1.82) is 0 Å². The van der Waals surface area contributed by atoms with Crippen LogP contribution in [0.1, 0.15) is 5.82 Å². The molecule has 1 aromatic heterocycles. The Morgan fingerprint density at radius 2 is 1.48 bits per heavy atom. The highest BCUT2D eigenvalue weighted by molar-refractivity contribution is 6.06. The number of nitrogens with zero attached hydrogens (tertiary/aromatic N) is 2. The van der Waals surface area contributed by atoms with Gasteiger partial charge in [0.05, 0.1) is 11.1 Å². The number of nitrogen functional groups attached to an aromatic ring is 1. The summed E-state index contributed by atoms with van der Waals surface area (Å²) in [4.78, 5) is 40.4. The average Bonchev–Trinajstić information content (AvgIpc) is 2.62. The number of aliphatic hydroxyl groups is 5. The van der Waals surface area contributed by atoms with Gasteiger partial charge in [-0.25, -0.2) is 4.98 Å². The molecule has 0 aliphatic carbocycles. The van der Waals surface area contributed by atoms with Crippen LogP contribution in [-0.4, -0.2) is 73.8 Å². The lowest BCUT2D eigenvalue weighted by atomic mass is 9.87. The van der Waals surface area contributed by atoms with Gasteiger partial charge in [0.25, 0.3) is 28.9 Å². The molecule has 0 saturated carbocycles. The van der Waals surface area contributed by atoms with E-state index in [2.05, 4.69) is 4.98 Å². The summed E-state index contributed by atoms with van der Waals surface area (Å²) in [7, 11) is 0. The minimum atomic E-state index is -4.39. The number of imide groups is 1. The number of aryl methyl sites for hydroxylation is 1. The number of nitrogens with two attached hydrogens (primary N) is 1. The molecule has 156 valence electrons. The molecule has 1 fully saturated rings. The van der Waals surface area contributed by atoms with Gasteiger partial charge in [0.1, 0.15) is 11.3 Å². The van der Waals surface area contributed by atoms with Crippen LogP contribution in [0.3, 0.4) is 0 Å². The SMILES string of the molecule is Cc1nc2c(O)c(O)c(O)c(N)c2c(=O)n1C1(O)C(=O)NC(=O)C(O)(O)C1(O)O. The number of nitrogens with one attached hydrogen (secondary N) is 1. The molecule has 0 spiro atoms. The number of fused-ring (bicyclic) bond motifs is 1. The predicted molar refractivity (Wildman–Crippen MR) is 87.8 cm³/mol. The van der Waals surface area contributed by atoms with Gasteiger partial charge in [-0.15, -0.1) is 0 Å². The van der Waals surface area contributed by atoms with Crippen molar-refractivity contribution in [2.24, 2.45) is 0 Å². The lowest BCUT2D eigenvalue weighted by Crippen LogP contribution is -2.82. The molecule has 0 radical (unpaired) electrons. The zero-order valence-electron chi connectivity index (χ0n) is 14.3. The number of piperidine rings is 1. The third-order valence-electron chi connectivity index (χ3n) is 4.60. The lowest BCUT2D eigenvalue weighted by Gasteiger charge is -2.47. The van der Waals surface area contributed by atoms with Crippen molar-refractivity contribution in [3.8, 4) is 17.2 Å². The van der Waals surface area contributed by atoms with E-state index in [-0.39, 0.29) is 4.57 Å². The maximum absolute atomic E-state index is 12.9. The van der Waals surface area contributed by atoms with Gasteiger partial charge < -0.3 is 46.6 Å². The van der Waals surface area contributed by atoms with Gasteiger partial charge >= 0.3 is 5.79 Å². The van der Waals surface area contributed by atoms with E-state index in [9.17, 15) is 55.2 Å². The van der Waals surface area contributed by atoms with Crippen molar-refractivity contribution in [3.05, 3.63) is 16.2 Å². The lowest BCUT2D eigenvalue weighted by molar-refractivity contribution is -0.408. The molecular formula is C14H14N4O11. The zero-order valence-corrected chi connectivity index (χ0v) is 14.3. The number of hydrogen-bond donors (Lipinski definition) is 10. The van der Waals surface area contributed by atoms with Crippen LogP contribution in [0.2, 0.25) is 0 Å². The van der Waals surface area contributed by atoms with Crippen LogP contribution in [0.5, 0.6) is 17.2 Å². The van der Waals surface area contributed by atoms with Gasteiger partial charge in [-0.05, 0) is 6.92 Å². The van der Waals surface area contributed by atoms with Gasteiger partial charge in [-0.2, -0.15) is 0 Å². The topological polar surface area (TPSA) is 269 Å². The second-order valence-corrected chi connectivity index (χ2v) is 6.28. The number of benzene rings is 1. The summed E-state index contributed by atoms with van der Waals surface area (Å²) in [5.74, 6) is -16.7. The quantitative estimate of drug-likeness (QED) is 0.0689. The Balaban J connectivity index is 2.52. The molecule has 1 unspecified atom stereocenters. The van der Waals surface area contributed by atoms with E-state index in [1.807, 2.05) is 0 Å². The first-order chi connectivity index (χ1) is 13.1. The van der Waals surface area contributed by atoms with Gasteiger partial charge in [0.2, 0.25) is 5.75 Å². The second kappa shape index (κ2) is 5.52. The number of hydrogen-bond acceptors (Lipinski definition) is 13. The summed E-state index contributed by atoms with van der Waals surface area (Å²) < 4.78 is -0.148. The van der Waals surface area contributed by atoms with Crippen LogP contribution in [-0.2, 0) is 15.3 Å². The van der Waals surface area contributed by atoms with E-state index in [1.165, 1.54) is 5.32 Å². The number of aromatic nitrogens is 2. The largest absolute Gasteiger partial charge is 0.503 e. The number of carbonyl (C=O) groups excluding carboxylic acids is 2. The maximum atomic E-state index is 12.9. The van der Waals surface area contributed by atoms with Crippen molar-refractivity contribution in [3.63, 3.8) is 0 Å². The molecule has 1 aromatic carbocycles. The number of phenols is 3. The summed E-state index contributed by atoms with van der Waals surface area (Å²) in [6.45, 7) is 0.911. The van der Waals surface area contributed by atoms with Gasteiger partial charge in [-0.1, -0.05) is 0 Å². The number of amides is 2. The zero-order chi connectivity index (χ0) is 22.3. The normalized spacial score (nSPS) is 23.2. The third-order valence-corrected chi connectivity index (χ3v) is 4.60. The first kappa shape index (κ1) is 20.2. The molecular weight excluding hydrogens is 400 g/mol. The second-order valence-electron chi connectivity index (χ2n) is 6.28. The minimum absolute atomic E-state index is 0.148. The molecule has 1 aliphatic rings. The summed E-state index contributed by atoms with van der Waals surface area (Å²) in [5, 5.41) is 80.1. The molecule has 2 heterocycles. The van der Waals surface area contributed by atoms with Gasteiger partial charge in [0, 0.05) is 0 Å². The monoisotopic (exact) mass is 414 g/mol. The minimum Gasteiger partial charge on any atom is -0.503 e. The van der Waals surface area contributed by atoms with Crippen molar-refractivity contribution in [2.75, 3.05) is 5.73 Å². The van der Waals surface area contributed by atoms with Crippen molar-refractivity contribution >= 4 is 28.4 Å². The Bertz CT molecular complexity index is 1170. The van der Waals surface area contributed by atoms with Gasteiger partial charge in [-0.3, -0.25) is 24.3 Å². The molecule has 11 N–H and O–H groups in total. The fraction of sp³-hybridized carbons (Fsp3) is 0.286. The molecule has 15 heteroatoms. The fourth-order valence-electron chi connectivity index (χ4n) is 2.99. The van der Waals surface area contributed by atoms with E-state index in [4.69, 9.17) is 5.73 Å². The van der Waals surface area contributed by atoms with Gasteiger partial charge in [0.15, 0.2) is 11.5 Å². The fourth-order valence-corrected chi connectivity index (χ4v) is 2.99. The first-order valence-corrected chi connectivity index (χ1v) is 7.56. The number of aromatic hydroxyl groups is 3. The molecule has 1 atom stereocenters. The smallest absolute Gasteiger partial charge is 0.306 e. The van der Waals surface area contributed by atoms with Crippen LogP contribution in [0, 0.1) is 6.92 Å². The van der Waals surface area contributed by atoms with E-state index >= 15 is 0 Å². The van der Waals surface area contributed by atoms with Crippen LogP contribution >= 0.6 is 0 Å². The molecule has 2 aromatic rings. The van der Waals surface area contributed by atoms with Crippen LogP contribution in [0.25, 0.3) is 10.9 Å². The molecule has 2 amide bonds. The van der Waals surface area contributed by atoms with E-state index in [0.29, 0.717) is 0 Å². The standard InChI is InChI=1S/C14H14N4O11/c1-2-16-5-3(4(15)6(19)8(21)7(5)20)9(22)18(2)12(25)10(23)17-11(24)13(26,27)14(12,28)29/h19-21,25-29H,15H2,1H3,(H,17,23,24). The predicted octanol–water partition coefficient (Wildman–Crippen LogP) is -4.93. The Morgan fingerprint density at radius 3 is 2.03 bits per heavy atom. The Kier molecular flexibility index (Phi) is 3.85.